The molecule has 3 heteroatoms. The first-order valence-electron chi connectivity index (χ1n) is 7.79. The van der Waals surface area contributed by atoms with Crippen LogP contribution in [0.25, 0.3) is 21.7 Å². The molecule has 0 aliphatic rings. The Bertz CT molecular complexity index is 1060. The normalized spacial score (nSPS) is 11.1. The fourth-order valence-electron chi connectivity index (χ4n) is 3.19. The van der Waals surface area contributed by atoms with Gasteiger partial charge in [0.05, 0.1) is 12.7 Å². The molecule has 0 amide bonds. The maximum Gasteiger partial charge on any atom is 0.197 e. The van der Waals surface area contributed by atoms with Crippen LogP contribution in [0.1, 0.15) is 21.7 Å². The van der Waals surface area contributed by atoms with Crippen molar-refractivity contribution in [1.29, 1.82) is 0 Å². The van der Waals surface area contributed by atoms with E-state index in [-0.39, 0.29) is 5.78 Å². The zero-order valence-electron chi connectivity index (χ0n) is 13.5. The minimum absolute atomic E-state index is 0.0378. The first-order chi connectivity index (χ1) is 11.7. The molecule has 0 fully saturated rings. The Labute approximate surface area is 139 Å². The third-order valence-electron chi connectivity index (χ3n) is 4.32. The van der Waals surface area contributed by atoms with Crippen LogP contribution in [0.5, 0.6) is 5.75 Å². The van der Waals surface area contributed by atoms with Crippen molar-refractivity contribution in [2.24, 2.45) is 0 Å². The van der Waals surface area contributed by atoms with E-state index in [4.69, 9.17) is 9.15 Å². The minimum atomic E-state index is -0.0378. The van der Waals surface area contributed by atoms with Gasteiger partial charge in [0, 0.05) is 21.7 Å². The molecule has 0 unspecified atom stereocenters. The summed E-state index contributed by atoms with van der Waals surface area (Å²) >= 11 is 0. The smallest absolute Gasteiger partial charge is 0.197 e. The van der Waals surface area contributed by atoms with Crippen LogP contribution in [0.4, 0.5) is 0 Å². The Morgan fingerprint density at radius 1 is 0.917 bits per heavy atom. The monoisotopic (exact) mass is 316 g/mol. The molecule has 0 N–H and O–H groups in total. The topological polar surface area (TPSA) is 39.4 Å². The maximum atomic E-state index is 13.0. The first-order valence-corrected chi connectivity index (χ1v) is 7.79. The molecule has 0 spiro atoms. The van der Waals surface area contributed by atoms with Gasteiger partial charge < -0.3 is 9.15 Å². The summed E-state index contributed by atoms with van der Waals surface area (Å²) in [6.07, 6.45) is 0. The second kappa shape index (κ2) is 5.53. The van der Waals surface area contributed by atoms with Crippen LogP contribution in [0, 0.1) is 6.92 Å². The van der Waals surface area contributed by atoms with Gasteiger partial charge in [-0.25, -0.2) is 0 Å². The van der Waals surface area contributed by atoms with E-state index in [9.17, 15) is 4.79 Å². The van der Waals surface area contributed by atoms with E-state index in [0.29, 0.717) is 16.9 Å². The molecular formula is C21H16O3. The maximum absolute atomic E-state index is 13.0. The SMILES string of the molecule is COc1cc2c(C(=O)c3ccccc3)c(C)oc2c2ccccc12. The van der Waals surface area contributed by atoms with Crippen LogP contribution in [0.15, 0.2) is 65.1 Å². The molecule has 1 heterocycles. The average Bonchev–Trinajstić information content (AvgIpc) is 2.97. The summed E-state index contributed by atoms with van der Waals surface area (Å²) in [7, 11) is 1.64. The number of aryl methyl sites for hydroxylation is 1. The largest absolute Gasteiger partial charge is 0.496 e. The molecule has 3 aromatic carbocycles. The highest BCUT2D eigenvalue weighted by atomic mass is 16.5. The fraction of sp³-hybridized carbons (Fsp3) is 0.0952. The molecule has 0 bridgehead atoms. The number of benzene rings is 3. The van der Waals surface area contributed by atoms with E-state index in [2.05, 4.69) is 0 Å². The lowest BCUT2D eigenvalue weighted by molar-refractivity contribution is 0.103. The quantitative estimate of drug-likeness (QED) is 0.492. The molecule has 0 aliphatic carbocycles. The van der Waals surface area contributed by atoms with Crippen LogP contribution in [-0.4, -0.2) is 12.9 Å². The summed E-state index contributed by atoms with van der Waals surface area (Å²) < 4.78 is 11.5. The molecular weight excluding hydrogens is 300 g/mol. The average molecular weight is 316 g/mol. The summed E-state index contributed by atoms with van der Waals surface area (Å²) in [6.45, 7) is 1.83. The number of carbonyl (C=O) groups is 1. The van der Waals surface area contributed by atoms with Crippen molar-refractivity contribution in [2.45, 2.75) is 6.92 Å². The van der Waals surface area contributed by atoms with Gasteiger partial charge in [0.15, 0.2) is 5.78 Å². The third-order valence-corrected chi connectivity index (χ3v) is 4.32. The van der Waals surface area contributed by atoms with E-state index >= 15 is 0 Å². The molecule has 0 saturated carbocycles. The predicted octanol–water partition coefficient (Wildman–Crippen LogP) is 5.13. The lowest BCUT2D eigenvalue weighted by Crippen LogP contribution is -2.01. The number of hydrogen-bond donors (Lipinski definition) is 0. The van der Waals surface area contributed by atoms with E-state index in [1.807, 2.05) is 67.6 Å². The number of ketones is 1. The molecule has 24 heavy (non-hydrogen) atoms. The highest BCUT2D eigenvalue weighted by molar-refractivity contribution is 6.20. The Kier molecular flexibility index (Phi) is 3.35. The van der Waals surface area contributed by atoms with Gasteiger partial charge in [-0.2, -0.15) is 0 Å². The number of fused-ring (bicyclic) bond motifs is 3. The van der Waals surface area contributed by atoms with Crippen molar-refractivity contribution >= 4 is 27.5 Å². The van der Waals surface area contributed by atoms with E-state index < -0.39 is 0 Å². The molecule has 3 nitrogen and oxygen atoms in total. The molecule has 0 saturated heterocycles. The predicted molar refractivity (Wildman–Crippen MR) is 94.9 cm³/mol. The van der Waals surface area contributed by atoms with Gasteiger partial charge >= 0.3 is 0 Å². The number of furan rings is 1. The van der Waals surface area contributed by atoms with Crippen LogP contribution in [-0.2, 0) is 0 Å². The number of methoxy groups -OCH3 is 1. The van der Waals surface area contributed by atoms with Gasteiger partial charge in [0.1, 0.15) is 17.1 Å². The second-order valence-electron chi connectivity index (χ2n) is 5.73. The van der Waals surface area contributed by atoms with Crippen LogP contribution >= 0.6 is 0 Å². The van der Waals surface area contributed by atoms with E-state index in [1.165, 1.54) is 0 Å². The van der Waals surface area contributed by atoms with Gasteiger partial charge in [-0.1, -0.05) is 54.6 Å². The molecule has 118 valence electrons. The fourth-order valence-corrected chi connectivity index (χ4v) is 3.19. The Hall–Kier alpha value is -3.07. The van der Waals surface area contributed by atoms with Crippen LogP contribution in [0.2, 0.25) is 0 Å². The minimum Gasteiger partial charge on any atom is -0.496 e. The summed E-state index contributed by atoms with van der Waals surface area (Å²) in [5.41, 5.74) is 1.97. The molecule has 4 aromatic rings. The Morgan fingerprint density at radius 3 is 2.29 bits per heavy atom. The van der Waals surface area contributed by atoms with Crippen molar-refractivity contribution in [3.63, 3.8) is 0 Å². The lowest BCUT2D eigenvalue weighted by atomic mass is 9.98. The first kappa shape index (κ1) is 14.5. The number of ether oxygens (including phenoxy) is 1. The van der Waals surface area contributed by atoms with Crippen molar-refractivity contribution in [1.82, 2.24) is 0 Å². The molecule has 0 aliphatic heterocycles. The third kappa shape index (κ3) is 2.09. The number of rotatable bonds is 3. The number of carbonyl (C=O) groups excluding carboxylic acids is 1. The standard InChI is InChI=1S/C21H16O3/c1-13-19(20(22)14-8-4-3-5-9-14)17-12-18(23-2)15-10-6-7-11-16(15)21(17)24-13/h3-12H,1-2H3. The molecule has 4 rings (SSSR count). The van der Waals surface area contributed by atoms with Gasteiger partial charge in [0.25, 0.3) is 0 Å². The van der Waals surface area contributed by atoms with Crippen LogP contribution in [0.3, 0.4) is 0 Å². The van der Waals surface area contributed by atoms with Gasteiger partial charge in [0.2, 0.25) is 0 Å². The number of hydrogen-bond acceptors (Lipinski definition) is 3. The molecule has 0 atom stereocenters. The van der Waals surface area contributed by atoms with E-state index in [1.54, 1.807) is 7.11 Å². The Morgan fingerprint density at radius 2 is 1.58 bits per heavy atom. The highest BCUT2D eigenvalue weighted by Crippen LogP contribution is 2.38. The zero-order chi connectivity index (χ0) is 16.7. The summed E-state index contributed by atoms with van der Waals surface area (Å²) in [5, 5.41) is 2.71. The summed E-state index contributed by atoms with van der Waals surface area (Å²) in [5.74, 6) is 1.32. The molecule has 1 aromatic heterocycles. The summed E-state index contributed by atoms with van der Waals surface area (Å²) in [6, 6.07) is 19.0. The Balaban J connectivity index is 2.06. The van der Waals surface area contributed by atoms with Crippen LogP contribution < -0.4 is 4.74 Å². The molecule has 0 radical (unpaired) electrons. The lowest BCUT2D eigenvalue weighted by Gasteiger charge is -2.06. The van der Waals surface area contributed by atoms with Gasteiger partial charge in [-0.15, -0.1) is 0 Å². The summed E-state index contributed by atoms with van der Waals surface area (Å²) in [4.78, 5) is 13.0. The second-order valence-corrected chi connectivity index (χ2v) is 5.73. The highest BCUT2D eigenvalue weighted by Gasteiger charge is 2.22. The van der Waals surface area contributed by atoms with Crippen molar-refractivity contribution in [2.75, 3.05) is 7.11 Å². The van der Waals surface area contributed by atoms with Crippen molar-refractivity contribution in [3.8, 4) is 5.75 Å². The van der Waals surface area contributed by atoms with Crippen molar-refractivity contribution < 1.29 is 13.9 Å². The van der Waals surface area contributed by atoms with Gasteiger partial charge in [-0.05, 0) is 13.0 Å². The zero-order valence-corrected chi connectivity index (χ0v) is 13.5. The van der Waals surface area contributed by atoms with Gasteiger partial charge in [-0.3, -0.25) is 4.79 Å². The van der Waals surface area contributed by atoms with E-state index in [0.717, 1.165) is 27.5 Å². The van der Waals surface area contributed by atoms with Crippen molar-refractivity contribution in [3.05, 3.63) is 77.6 Å².